The van der Waals surface area contributed by atoms with Gasteiger partial charge in [-0.25, -0.2) is 4.79 Å². The normalized spacial score (nSPS) is 17.4. The second-order valence-electron chi connectivity index (χ2n) is 4.29. The molecule has 1 N–H and O–H groups in total. The highest BCUT2D eigenvalue weighted by Crippen LogP contribution is 2.47. The molecule has 0 aromatic heterocycles. The number of rotatable bonds is 5. The predicted octanol–water partition coefficient (Wildman–Crippen LogP) is 3.69. The highest BCUT2D eigenvalue weighted by molar-refractivity contribution is 7.99. The van der Waals surface area contributed by atoms with Crippen LogP contribution in [0.15, 0.2) is 15.9 Å². The summed E-state index contributed by atoms with van der Waals surface area (Å²) in [6, 6.07) is 1.70. The number of ether oxygens (including phenoxy) is 2. The lowest BCUT2D eigenvalue weighted by molar-refractivity contribution is 0.0285. The van der Waals surface area contributed by atoms with E-state index < -0.39 is 5.97 Å². The zero-order valence-corrected chi connectivity index (χ0v) is 13.4. The van der Waals surface area contributed by atoms with Gasteiger partial charge in [-0.2, -0.15) is 0 Å². The Bertz CT molecular complexity index is 516. The van der Waals surface area contributed by atoms with Crippen LogP contribution in [0.1, 0.15) is 35.4 Å². The number of fused-ring (bicyclic) bond motifs is 1. The van der Waals surface area contributed by atoms with E-state index in [0.29, 0.717) is 18.8 Å². The molecule has 4 nitrogen and oxygen atoms in total. The molecule has 1 atom stereocenters. The summed E-state index contributed by atoms with van der Waals surface area (Å²) in [7, 11) is 0. The molecule has 1 aromatic carbocycles. The maximum absolute atomic E-state index is 11.5. The minimum absolute atomic E-state index is 0.0867. The molecule has 1 aromatic rings. The number of carboxylic acid groups (broad SMARTS) is 1. The van der Waals surface area contributed by atoms with Gasteiger partial charge in [-0.05, 0) is 25.5 Å². The Morgan fingerprint density at radius 2 is 2.25 bits per heavy atom. The van der Waals surface area contributed by atoms with E-state index >= 15 is 0 Å². The largest absolute Gasteiger partial charge is 0.492 e. The summed E-state index contributed by atoms with van der Waals surface area (Å²) in [4.78, 5) is 13.1. The summed E-state index contributed by atoms with van der Waals surface area (Å²) in [6.07, 6.45) is 4.48. The summed E-state index contributed by atoms with van der Waals surface area (Å²) in [6.45, 7) is 3.15. The average Bonchev–Trinajstić information content (AvgIpc) is 2.45. The van der Waals surface area contributed by atoms with E-state index in [-0.39, 0.29) is 6.10 Å². The molecule has 0 fully saturated rings. The Morgan fingerprint density at radius 3 is 2.80 bits per heavy atom. The van der Waals surface area contributed by atoms with Crippen molar-refractivity contribution < 1.29 is 19.4 Å². The summed E-state index contributed by atoms with van der Waals surface area (Å²) in [5, 5.41) is 9.43. The number of hydrogen-bond donors (Lipinski definition) is 1. The van der Waals surface area contributed by atoms with Crippen LogP contribution in [0.25, 0.3) is 0 Å². The Hall–Kier alpha value is -0.850. The second kappa shape index (κ2) is 6.74. The number of hydrogen-bond acceptors (Lipinski definition) is 5. The first-order chi connectivity index (χ1) is 9.63. The van der Waals surface area contributed by atoms with Crippen LogP contribution in [0.3, 0.4) is 0 Å². The van der Waals surface area contributed by atoms with Crippen molar-refractivity contribution in [2.24, 2.45) is 0 Å². The van der Waals surface area contributed by atoms with Crippen LogP contribution in [-0.2, 0) is 4.74 Å². The SMILES string of the molecule is CCOC1CCOc2c(SC)cc(C(=O)O)c(SC)c21. The maximum atomic E-state index is 11.5. The van der Waals surface area contributed by atoms with E-state index in [1.54, 1.807) is 6.07 Å². The van der Waals surface area contributed by atoms with Crippen LogP contribution in [0.2, 0.25) is 0 Å². The summed E-state index contributed by atoms with van der Waals surface area (Å²) < 4.78 is 11.6. The van der Waals surface area contributed by atoms with Gasteiger partial charge < -0.3 is 14.6 Å². The van der Waals surface area contributed by atoms with Crippen LogP contribution < -0.4 is 4.74 Å². The Labute approximate surface area is 127 Å². The van der Waals surface area contributed by atoms with Gasteiger partial charge in [-0.3, -0.25) is 0 Å². The molecule has 1 aliphatic heterocycles. The fraction of sp³-hybridized carbons (Fsp3) is 0.500. The molecule has 0 bridgehead atoms. The molecule has 2 rings (SSSR count). The van der Waals surface area contributed by atoms with Gasteiger partial charge >= 0.3 is 5.97 Å². The van der Waals surface area contributed by atoms with Crippen molar-refractivity contribution in [3.05, 3.63) is 17.2 Å². The molecule has 1 unspecified atom stereocenters. The Kier molecular flexibility index (Phi) is 5.23. The molecule has 0 amide bonds. The van der Waals surface area contributed by atoms with Crippen molar-refractivity contribution in [3.8, 4) is 5.75 Å². The van der Waals surface area contributed by atoms with Crippen LogP contribution in [0.5, 0.6) is 5.75 Å². The zero-order chi connectivity index (χ0) is 14.7. The fourth-order valence-electron chi connectivity index (χ4n) is 2.40. The molecule has 0 saturated heterocycles. The standard InChI is InChI=1S/C14H18O4S2/c1-4-17-9-5-6-18-12-10(19-2)7-8(14(15)16)13(20-3)11(9)12/h7,9H,4-6H2,1-3H3,(H,15,16). The minimum Gasteiger partial charge on any atom is -0.492 e. The zero-order valence-electron chi connectivity index (χ0n) is 11.8. The van der Waals surface area contributed by atoms with Gasteiger partial charge in [-0.1, -0.05) is 0 Å². The van der Waals surface area contributed by atoms with Gasteiger partial charge in [0, 0.05) is 23.5 Å². The lowest BCUT2D eigenvalue weighted by Gasteiger charge is -2.29. The third kappa shape index (κ3) is 2.77. The van der Waals surface area contributed by atoms with Crippen LogP contribution in [0.4, 0.5) is 0 Å². The molecule has 20 heavy (non-hydrogen) atoms. The lowest BCUT2D eigenvalue weighted by atomic mass is 10.00. The number of aromatic carboxylic acids is 1. The third-order valence-electron chi connectivity index (χ3n) is 3.20. The fourth-order valence-corrected chi connectivity index (χ4v) is 3.80. The smallest absolute Gasteiger partial charge is 0.336 e. The van der Waals surface area contributed by atoms with E-state index in [0.717, 1.165) is 27.5 Å². The van der Waals surface area contributed by atoms with Crippen molar-refractivity contribution in [2.75, 3.05) is 25.7 Å². The number of carbonyl (C=O) groups is 1. The Balaban J connectivity index is 2.67. The van der Waals surface area contributed by atoms with E-state index in [9.17, 15) is 9.90 Å². The molecule has 0 aliphatic carbocycles. The molecule has 0 saturated carbocycles. The highest BCUT2D eigenvalue weighted by Gasteiger charge is 2.30. The molecule has 1 aliphatic rings. The van der Waals surface area contributed by atoms with Crippen molar-refractivity contribution in [3.63, 3.8) is 0 Å². The molecule has 6 heteroatoms. The van der Waals surface area contributed by atoms with E-state index in [1.807, 2.05) is 19.4 Å². The van der Waals surface area contributed by atoms with Crippen LogP contribution in [-0.4, -0.2) is 36.8 Å². The van der Waals surface area contributed by atoms with E-state index in [1.165, 1.54) is 23.5 Å². The number of benzene rings is 1. The van der Waals surface area contributed by atoms with Crippen molar-refractivity contribution in [2.45, 2.75) is 29.2 Å². The van der Waals surface area contributed by atoms with Crippen molar-refractivity contribution in [1.82, 2.24) is 0 Å². The van der Waals surface area contributed by atoms with Crippen LogP contribution >= 0.6 is 23.5 Å². The summed E-state index contributed by atoms with van der Waals surface area (Å²) >= 11 is 2.94. The van der Waals surface area contributed by atoms with Gasteiger partial charge in [0.25, 0.3) is 0 Å². The topological polar surface area (TPSA) is 55.8 Å². The van der Waals surface area contributed by atoms with Crippen molar-refractivity contribution in [1.29, 1.82) is 0 Å². The quantitative estimate of drug-likeness (QED) is 0.837. The van der Waals surface area contributed by atoms with Crippen LogP contribution in [0, 0.1) is 0 Å². The minimum atomic E-state index is -0.909. The lowest BCUT2D eigenvalue weighted by Crippen LogP contribution is -2.20. The molecule has 110 valence electrons. The molecular formula is C14H18O4S2. The molecule has 0 radical (unpaired) electrons. The molecule has 1 heterocycles. The molecular weight excluding hydrogens is 296 g/mol. The van der Waals surface area contributed by atoms with E-state index in [2.05, 4.69) is 0 Å². The first-order valence-corrected chi connectivity index (χ1v) is 8.85. The third-order valence-corrected chi connectivity index (χ3v) is 4.79. The maximum Gasteiger partial charge on any atom is 0.336 e. The van der Waals surface area contributed by atoms with Gasteiger partial charge in [0.05, 0.1) is 23.2 Å². The first kappa shape index (κ1) is 15.5. The van der Waals surface area contributed by atoms with Gasteiger partial charge in [0.15, 0.2) is 0 Å². The van der Waals surface area contributed by atoms with Gasteiger partial charge in [0.2, 0.25) is 0 Å². The number of thioether (sulfide) groups is 2. The van der Waals surface area contributed by atoms with Gasteiger partial charge in [-0.15, -0.1) is 23.5 Å². The summed E-state index contributed by atoms with van der Waals surface area (Å²) in [5.74, 6) is -0.121. The van der Waals surface area contributed by atoms with Crippen molar-refractivity contribution >= 4 is 29.5 Å². The second-order valence-corrected chi connectivity index (χ2v) is 5.95. The Morgan fingerprint density at radius 1 is 1.50 bits per heavy atom. The average molecular weight is 314 g/mol. The molecule has 0 spiro atoms. The predicted molar refractivity (Wildman–Crippen MR) is 81.4 cm³/mol. The highest BCUT2D eigenvalue weighted by atomic mass is 32.2. The van der Waals surface area contributed by atoms with Gasteiger partial charge in [0.1, 0.15) is 5.75 Å². The summed E-state index contributed by atoms with van der Waals surface area (Å²) in [5.41, 5.74) is 1.23. The monoisotopic (exact) mass is 314 g/mol. The number of carboxylic acids is 1. The van der Waals surface area contributed by atoms with E-state index in [4.69, 9.17) is 9.47 Å². The first-order valence-electron chi connectivity index (χ1n) is 6.40.